The number of nitrogens with zero attached hydrogens (tertiary/aromatic N) is 2. The second kappa shape index (κ2) is 9.62. The van der Waals surface area contributed by atoms with Crippen LogP contribution in [0.25, 0.3) is 11.3 Å². The highest BCUT2D eigenvalue weighted by atomic mass is 32.1. The van der Waals surface area contributed by atoms with Crippen LogP contribution in [-0.2, 0) is 4.79 Å². The zero-order valence-corrected chi connectivity index (χ0v) is 16.2. The highest BCUT2D eigenvalue weighted by Gasteiger charge is 2.18. The summed E-state index contributed by atoms with van der Waals surface area (Å²) < 4.78 is 0. The van der Waals surface area contributed by atoms with Crippen LogP contribution in [0.1, 0.15) is 16.8 Å². The Bertz CT molecular complexity index is 939. The van der Waals surface area contributed by atoms with Crippen molar-refractivity contribution in [1.29, 1.82) is 0 Å². The van der Waals surface area contributed by atoms with Crippen LogP contribution in [0.3, 0.4) is 0 Å². The number of amides is 2. The van der Waals surface area contributed by atoms with E-state index in [2.05, 4.69) is 16.9 Å². The highest BCUT2D eigenvalue weighted by Crippen LogP contribution is 2.27. The highest BCUT2D eigenvalue weighted by molar-refractivity contribution is 7.14. The predicted molar refractivity (Wildman–Crippen MR) is 113 cm³/mol. The minimum atomic E-state index is -0.190. The van der Waals surface area contributed by atoms with Gasteiger partial charge in [-0.25, -0.2) is 4.98 Å². The minimum Gasteiger partial charge on any atom is -0.352 e. The maximum Gasteiger partial charge on any atom is 0.251 e. The lowest BCUT2D eigenvalue weighted by molar-refractivity contribution is -0.118. The van der Waals surface area contributed by atoms with Gasteiger partial charge in [0.2, 0.25) is 5.91 Å². The van der Waals surface area contributed by atoms with E-state index in [0.717, 1.165) is 11.3 Å². The fourth-order valence-corrected chi connectivity index (χ4v) is 3.52. The molecular formula is C22H21N3O2S. The monoisotopic (exact) mass is 391 g/mol. The molecule has 0 fully saturated rings. The lowest BCUT2D eigenvalue weighted by Gasteiger charge is -2.18. The summed E-state index contributed by atoms with van der Waals surface area (Å²) in [4.78, 5) is 31.0. The Kier molecular flexibility index (Phi) is 6.70. The summed E-state index contributed by atoms with van der Waals surface area (Å²) in [6, 6.07) is 18.8. The zero-order chi connectivity index (χ0) is 19.8. The van der Waals surface area contributed by atoms with Crippen molar-refractivity contribution in [2.24, 2.45) is 0 Å². The summed E-state index contributed by atoms with van der Waals surface area (Å²) in [5, 5.41) is 5.34. The molecule has 0 unspecified atom stereocenters. The number of carbonyl (C=O) groups excluding carboxylic acids is 2. The normalized spacial score (nSPS) is 10.3. The third kappa shape index (κ3) is 4.92. The lowest BCUT2D eigenvalue weighted by atomic mass is 10.2. The Balaban J connectivity index is 1.62. The summed E-state index contributed by atoms with van der Waals surface area (Å²) >= 11 is 1.42. The molecule has 0 radical (unpaired) electrons. The van der Waals surface area contributed by atoms with Gasteiger partial charge in [-0.3, -0.25) is 14.5 Å². The van der Waals surface area contributed by atoms with Crippen molar-refractivity contribution in [1.82, 2.24) is 10.3 Å². The number of thiazole rings is 1. The van der Waals surface area contributed by atoms with Crippen LogP contribution in [0, 0.1) is 0 Å². The molecule has 2 amide bonds. The Morgan fingerprint density at radius 2 is 1.75 bits per heavy atom. The number of aromatic nitrogens is 1. The number of hydrogen-bond donors (Lipinski definition) is 1. The molecule has 3 rings (SSSR count). The van der Waals surface area contributed by atoms with Gasteiger partial charge in [-0.1, -0.05) is 54.6 Å². The van der Waals surface area contributed by atoms with Crippen LogP contribution in [-0.4, -0.2) is 29.9 Å². The van der Waals surface area contributed by atoms with E-state index in [-0.39, 0.29) is 24.8 Å². The van der Waals surface area contributed by atoms with Crippen LogP contribution in [0.15, 0.2) is 78.7 Å². The number of benzene rings is 2. The second-order valence-corrected chi connectivity index (χ2v) is 6.88. The van der Waals surface area contributed by atoms with Gasteiger partial charge in [0.25, 0.3) is 5.91 Å². The molecule has 0 saturated heterocycles. The van der Waals surface area contributed by atoms with Crippen LogP contribution >= 0.6 is 11.3 Å². The molecule has 2 aromatic carbocycles. The lowest BCUT2D eigenvalue weighted by Crippen LogP contribution is -2.34. The summed E-state index contributed by atoms with van der Waals surface area (Å²) in [5.41, 5.74) is 2.41. The van der Waals surface area contributed by atoms with E-state index < -0.39 is 0 Å². The van der Waals surface area contributed by atoms with Gasteiger partial charge in [-0.2, -0.15) is 0 Å². The molecule has 1 N–H and O–H groups in total. The molecule has 1 heterocycles. The first-order valence-electron chi connectivity index (χ1n) is 8.94. The summed E-state index contributed by atoms with van der Waals surface area (Å²) in [5.74, 6) is -0.300. The molecule has 0 aliphatic rings. The number of rotatable bonds is 8. The number of carbonyl (C=O) groups is 2. The minimum absolute atomic E-state index is 0.109. The molecule has 0 atom stereocenters. The van der Waals surface area contributed by atoms with E-state index in [1.54, 1.807) is 35.2 Å². The average Bonchev–Trinajstić information content (AvgIpc) is 3.23. The van der Waals surface area contributed by atoms with Gasteiger partial charge in [0.15, 0.2) is 5.13 Å². The molecule has 0 bridgehead atoms. The third-order valence-electron chi connectivity index (χ3n) is 4.07. The number of nitrogens with one attached hydrogen (secondary N) is 1. The van der Waals surface area contributed by atoms with E-state index in [1.165, 1.54) is 11.3 Å². The molecule has 3 aromatic rings. The van der Waals surface area contributed by atoms with Crippen molar-refractivity contribution < 1.29 is 9.59 Å². The van der Waals surface area contributed by atoms with Crippen molar-refractivity contribution in [2.75, 3.05) is 18.0 Å². The van der Waals surface area contributed by atoms with Crippen molar-refractivity contribution in [3.63, 3.8) is 0 Å². The van der Waals surface area contributed by atoms with Gasteiger partial charge in [0.1, 0.15) is 0 Å². The van der Waals surface area contributed by atoms with E-state index in [1.807, 2.05) is 41.8 Å². The van der Waals surface area contributed by atoms with Crippen LogP contribution in [0.5, 0.6) is 0 Å². The summed E-state index contributed by atoms with van der Waals surface area (Å²) in [6.07, 6.45) is 1.86. The summed E-state index contributed by atoms with van der Waals surface area (Å²) in [7, 11) is 0. The fraction of sp³-hybridized carbons (Fsp3) is 0.136. The van der Waals surface area contributed by atoms with Gasteiger partial charge in [-0.05, 0) is 12.1 Å². The smallest absolute Gasteiger partial charge is 0.251 e. The Morgan fingerprint density at radius 3 is 2.43 bits per heavy atom. The molecule has 5 nitrogen and oxygen atoms in total. The molecule has 0 saturated carbocycles. The second-order valence-electron chi connectivity index (χ2n) is 6.05. The first kappa shape index (κ1) is 19.5. The number of hydrogen-bond acceptors (Lipinski definition) is 4. The van der Waals surface area contributed by atoms with Crippen LogP contribution in [0.2, 0.25) is 0 Å². The van der Waals surface area contributed by atoms with Crippen LogP contribution < -0.4 is 10.2 Å². The van der Waals surface area contributed by atoms with E-state index in [0.29, 0.717) is 17.2 Å². The van der Waals surface area contributed by atoms with E-state index in [4.69, 9.17) is 0 Å². The van der Waals surface area contributed by atoms with E-state index in [9.17, 15) is 9.59 Å². The molecule has 28 heavy (non-hydrogen) atoms. The third-order valence-corrected chi connectivity index (χ3v) is 4.93. The maximum absolute atomic E-state index is 12.7. The van der Waals surface area contributed by atoms with Gasteiger partial charge in [-0.15, -0.1) is 17.9 Å². The largest absolute Gasteiger partial charge is 0.352 e. The molecule has 1 aromatic heterocycles. The quantitative estimate of drug-likeness (QED) is 0.587. The maximum atomic E-state index is 12.7. The number of anilines is 1. The van der Waals surface area contributed by atoms with Crippen LogP contribution in [0.4, 0.5) is 5.13 Å². The van der Waals surface area contributed by atoms with Gasteiger partial charge in [0.05, 0.1) is 5.69 Å². The van der Waals surface area contributed by atoms with Crippen molar-refractivity contribution in [2.45, 2.75) is 6.42 Å². The topological polar surface area (TPSA) is 62.3 Å². The van der Waals surface area contributed by atoms with Crippen molar-refractivity contribution in [3.05, 3.63) is 84.3 Å². The van der Waals surface area contributed by atoms with E-state index >= 15 is 0 Å². The van der Waals surface area contributed by atoms with Crippen molar-refractivity contribution in [3.8, 4) is 11.3 Å². The first-order chi connectivity index (χ1) is 13.7. The predicted octanol–water partition coefficient (Wildman–Crippen LogP) is 4.15. The Labute approximate surface area is 168 Å². The van der Waals surface area contributed by atoms with Gasteiger partial charge < -0.3 is 5.32 Å². The summed E-state index contributed by atoms with van der Waals surface area (Å²) in [6.45, 7) is 4.36. The first-order valence-corrected chi connectivity index (χ1v) is 9.82. The Hall–Kier alpha value is -3.25. The SMILES string of the molecule is C=CCN(C(=O)CCNC(=O)c1ccccc1)c1nc(-c2ccccc2)cs1. The zero-order valence-electron chi connectivity index (χ0n) is 15.4. The molecular weight excluding hydrogens is 370 g/mol. The van der Waals surface area contributed by atoms with Gasteiger partial charge >= 0.3 is 0 Å². The molecule has 0 aliphatic heterocycles. The molecule has 142 valence electrons. The molecule has 0 aliphatic carbocycles. The molecule has 6 heteroatoms. The van der Waals surface area contributed by atoms with Crippen molar-refractivity contribution >= 4 is 28.3 Å². The fourth-order valence-electron chi connectivity index (χ4n) is 2.65. The Morgan fingerprint density at radius 1 is 1.07 bits per heavy atom. The standard InChI is InChI=1S/C22H21N3O2S/c1-2-15-25(22-24-19(16-28-22)17-9-5-3-6-10-17)20(26)13-14-23-21(27)18-11-7-4-8-12-18/h2-12,16H,1,13-15H2,(H,23,27). The average molecular weight is 391 g/mol. The molecule has 0 spiro atoms. The van der Waals surface area contributed by atoms with Gasteiger partial charge in [0, 0.05) is 36.0 Å².